The van der Waals surface area contributed by atoms with Gasteiger partial charge in [-0.05, 0) is 85.7 Å². The second-order valence-corrected chi connectivity index (χ2v) is 13.6. The predicted octanol–water partition coefficient (Wildman–Crippen LogP) is 10.8. The highest BCUT2D eigenvalue weighted by Crippen LogP contribution is 2.44. The van der Waals surface area contributed by atoms with Gasteiger partial charge in [-0.15, -0.1) is 0 Å². The lowest BCUT2D eigenvalue weighted by Gasteiger charge is -2.09. The molecule has 262 valence electrons. The Bertz CT molecular complexity index is 2680. The standard InChI is InChI=1S/C46H34N4O4/c1-25-9-13-27(14-10-25)41-31-17-21-35(47-31)43(29-5-3-7-39(51)45(29)53)37-23-19-33(49-37)42(28-15-11-26(2)12-16-28)34-20-24-38(50-34)44(36-22-18-32(41)48-36)30-6-4-8-40(52)46(30)54/h3-24,47,50-54H,1-2H3. The molecule has 8 heteroatoms. The third kappa shape index (κ3) is 5.48. The summed E-state index contributed by atoms with van der Waals surface area (Å²) in [5.74, 6) is -0.964. The highest BCUT2D eigenvalue weighted by Gasteiger charge is 2.21. The number of aromatic amines is 2. The minimum atomic E-state index is -0.248. The number of hydrogen-bond acceptors (Lipinski definition) is 6. The summed E-state index contributed by atoms with van der Waals surface area (Å²) in [5.41, 5.74) is 13.2. The van der Waals surface area contributed by atoms with E-state index in [9.17, 15) is 20.4 Å². The van der Waals surface area contributed by atoms with Crippen molar-refractivity contribution in [3.8, 4) is 67.5 Å². The first-order chi connectivity index (χ1) is 26.2. The SMILES string of the molecule is Cc1ccc(-c2c3nc(c(-c4cccc(O)c4O)c4ccc([nH]4)c(-c4ccc(C)cc4)c4nc(c(-c5cccc(O)c5O)c5ccc2[nH]5)C=C4)C=C3)cc1. The van der Waals surface area contributed by atoms with Crippen molar-refractivity contribution in [2.24, 2.45) is 0 Å². The Kier molecular flexibility index (Phi) is 7.67. The van der Waals surface area contributed by atoms with Crippen LogP contribution in [0.25, 0.3) is 90.9 Å². The van der Waals surface area contributed by atoms with Crippen molar-refractivity contribution in [2.75, 3.05) is 0 Å². The second kappa shape index (κ2) is 12.7. The zero-order valence-electron chi connectivity index (χ0n) is 29.4. The van der Waals surface area contributed by atoms with Crippen molar-refractivity contribution < 1.29 is 20.4 Å². The molecule has 54 heavy (non-hydrogen) atoms. The molecule has 2 aliphatic rings. The number of aromatic nitrogens is 4. The van der Waals surface area contributed by atoms with Crippen LogP contribution in [0.15, 0.2) is 109 Å². The number of H-pyrrole nitrogens is 2. The Morgan fingerprint density at radius 2 is 0.722 bits per heavy atom. The Labute approximate surface area is 310 Å². The van der Waals surface area contributed by atoms with Gasteiger partial charge >= 0.3 is 0 Å². The Morgan fingerprint density at radius 3 is 1.09 bits per heavy atom. The van der Waals surface area contributed by atoms with Gasteiger partial charge in [0.2, 0.25) is 0 Å². The predicted molar refractivity (Wildman–Crippen MR) is 217 cm³/mol. The van der Waals surface area contributed by atoms with Crippen LogP contribution < -0.4 is 0 Å². The molecule has 8 bridgehead atoms. The van der Waals surface area contributed by atoms with E-state index in [1.54, 1.807) is 24.3 Å². The van der Waals surface area contributed by atoms with Crippen LogP contribution in [0.4, 0.5) is 0 Å². The first kappa shape index (κ1) is 32.6. The first-order valence-corrected chi connectivity index (χ1v) is 17.6. The van der Waals surface area contributed by atoms with E-state index in [2.05, 4.69) is 58.5 Å². The molecular formula is C46H34N4O4. The molecule has 6 N–H and O–H groups in total. The molecule has 4 aromatic carbocycles. The molecule has 5 heterocycles. The number of rotatable bonds is 4. The van der Waals surface area contributed by atoms with E-state index in [-0.39, 0.29) is 23.0 Å². The number of hydrogen-bond donors (Lipinski definition) is 6. The third-order valence-electron chi connectivity index (χ3n) is 10.0. The summed E-state index contributed by atoms with van der Waals surface area (Å²) < 4.78 is 0. The number of fused-ring (bicyclic) bond motifs is 8. The molecular weight excluding hydrogens is 673 g/mol. The van der Waals surface area contributed by atoms with Crippen molar-refractivity contribution >= 4 is 46.4 Å². The van der Waals surface area contributed by atoms with Crippen molar-refractivity contribution in [3.05, 3.63) is 143 Å². The number of phenolic OH excluding ortho intramolecular Hbond substituents is 4. The minimum Gasteiger partial charge on any atom is -0.504 e. The number of benzene rings is 4. The van der Waals surface area contributed by atoms with E-state index in [1.165, 1.54) is 12.1 Å². The fourth-order valence-corrected chi connectivity index (χ4v) is 7.29. The van der Waals surface area contributed by atoms with Crippen LogP contribution in [0.1, 0.15) is 33.9 Å². The molecule has 7 aromatic rings. The van der Waals surface area contributed by atoms with Gasteiger partial charge in [-0.2, -0.15) is 0 Å². The van der Waals surface area contributed by atoms with Crippen molar-refractivity contribution in [3.63, 3.8) is 0 Å². The van der Waals surface area contributed by atoms with Gasteiger partial charge in [0.1, 0.15) is 0 Å². The number of aryl methyl sites for hydroxylation is 2. The number of phenols is 4. The monoisotopic (exact) mass is 706 g/mol. The van der Waals surface area contributed by atoms with Gasteiger partial charge in [0.15, 0.2) is 23.0 Å². The van der Waals surface area contributed by atoms with Crippen molar-refractivity contribution in [1.29, 1.82) is 0 Å². The molecule has 0 radical (unpaired) electrons. The van der Waals surface area contributed by atoms with Crippen LogP contribution in [0.5, 0.6) is 23.0 Å². The molecule has 0 atom stereocenters. The quantitative estimate of drug-likeness (QED) is 0.101. The summed E-state index contributed by atoms with van der Waals surface area (Å²) in [4.78, 5) is 17.7. The summed E-state index contributed by atoms with van der Waals surface area (Å²) in [5, 5.41) is 43.8. The summed E-state index contributed by atoms with van der Waals surface area (Å²) in [6.07, 6.45) is 7.74. The van der Waals surface area contributed by atoms with Gasteiger partial charge < -0.3 is 30.4 Å². The maximum absolute atomic E-state index is 11.2. The molecule has 3 aromatic heterocycles. The first-order valence-electron chi connectivity index (χ1n) is 17.6. The maximum Gasteiger partial charge on any atom is 0.165 e. The van der Waals surface area contributed by atoms with E-state index < -0.39 is 0 Å². The lowest BCUT2D eigenvalue weighted by molar-refractivity contribution is 0.405. The summed E-state index contributed by atoms with van der Waals surface area (Å²) in [6, 6.07) is 34.1. The zero-order chi connectivity index (χ0) is 37.1. The number of aromatic hydroxyl groups is 4. The van der Waals surface area contributed by atoms with Crippen LogP contribution in [-0.2, 0) is 0 Å². The van der Waals surface area contributed by atoms with E-state index >= 15 is 0 Å². The normalized spacial score (nSPS) is 12.0. The number of nitrogens with zero attached hydrogens (tertiary/aromatic N) is 2. The summed E-state index contributed by atoms with van der Waals surface area (Å²) in [7, 11) is 0. The number of nitrogens with one attached hydrogen (secondary N) is 2. The van der Waals surface area contributed by atoms with Crippen LogP contribution in [0.2, 0.25) is 0 Å². The average molecular weight is 707 g/mol. The molecule has 0 aliphatic carbocycles. The van der Waals surface area contributed by atoms with Gasteiger partial charge in [0.05, 0.1) is 22.8 Å². The van der Waals surface area contributed by atoms with E-state index in [0.717, 1.165) is 44.4 Å². The molecule has 0 unspecified atom stereocenters. The Morgan fingerprint density at radius 1 is 0.389 bits per heavy atom. The van der Waals surface area contributed by atoms with Crippen LogP contribution >= 0.6 is 0 Å². The van der Waals surface area contributed by atoms with Gasteiger partial charge in [-0.3, -0.25) is 0 Å². The molecule has 0 fully saturated rings. The molecule has 0 spiro atoms. The zero-order valence-corrected chi connectivity index (χ0v) is 29.4. The fourth-order valence-electron chi connectivity index (χ4n) is 7.29. The van der Waals surface area contributed by atoms with Crippen molar-refractivity contribution in [2.45, 2.75) is 13.8 Å². The summed E-state index contributed by atoms with van der Waals surface area (Å²) in [6.45, 7) is 4.08. The van der Waals surface area contributed by atoms with Crippen LogP contribution in [0, 0.1) is 13.8 Å². The molecule has 0 saturated heterocycles. The van der Waals surface area contributed by atoms with Gasteiger partial charge in [-0.1, -0.05) is 83.9 Å². The highest BCUT2D eigenvalue weighted by atomic mass is 16.3. The van der Waals surface area contributed by atoms with E-state index in [4.69, 9.17) is 9.97 Å². The van der Waals surface area contributed by atoms with Crippen molar-refractivity contribution in [1.82, 2.24) is 19.9 Å². The maximum atomic E-state index is 11.2. The van der Waals surface area contributed by atoms with Gasteiger partial charge in [0, 0.05) is 55.4 Å². The van der Waals surface area contributed by atoms with E-state index in [0.29, 0.717) is 56.1 Å². The topological polar surface area (TPSA) is 138 Å². The lowest BCUT2D eigenvalue weighted by atomic mass is 10.0. The third-order valence-corrected chi connectivity index (χ3v) is 10.0. The molecule has 2 aliphatic heterocycles. The molecule has 0 saturated carbocycles. The highest BCUT2D eigenvalue weighted by molar-refractivity contribution is 6.01. The van der Waals surface area contributed by atoms with Gasteiger partial charge in [0.25, 0.3) is 0 Å². The van der Waals surface area contributed by atoms with Crippen LogP contribution in [0.3, 0.4) is 0 Å². The van der Waals surface area contributed by atoms with Gasteiger partial charge in [-0.25, -0.2) is 9.97 Å². The molecule has 0 amide bonds. The fraction of sp³-hybridized carbons (Fsp3) is 0.0435. The van der Waals surface area contributed by atoms with E-state index in [1.807, 2.05) is 62.4 Å². The largest absolute Gasteiger partial charge is 0.504 e. The minimum absolute atomic E-state index is 0.234. The van der Waals surface area contributed by atoms with Crippen LogP contribution in [-0.4, -0.2) is 40.4 Å². The smallest absolute Gasteiger partial charge is 0.165 e. The summed E-state index contributed by atoms with van der Waals surface area (Å²) >= 11 is 0. The second-order valence-electron chi connectivity index (χ2n) is 13.6. The molecule has 9 rings (SSSR count). The Hall–Kier alpha value is -7.32. The Balaban J connectivity index is 1.50. The lowest BCUT2D eigenvalue weighted by Crippen LogP contribution is -1.90. The number of para-hydroxylation sites is 2. The average Bonchev–Trinajstić information content (AvgIpc) is 4.01. The molecule has 8 nitrogen and oxygen atoms in total.